The first-order valence-corrected chi connectivity index (χ1v) is 5.85. The zero-order chi connectivity index (χ0) is 12.8. The summed E-state index contributed by atoms with van der Waals surface area (Å²) in [7, 11) is 1.60. The molecule has 0 bridgehead atoms. The Morgan fingerprint density at radius 2 is 2.12 bits per heavy atom. The second kappa shape index (κ2) is 6.57. The van der Waals surface area contributed by atoms with E-state index in [4.69, 9.17) is 10.5 Å². The molecule has 1 rings (SSSR count). The number of halogens is 1. The van der Waals surface area contributed by atoms with Gasteiger partial charge in [-0.2, -0.15) is 0 Å². The average Bonchev–Trinajstić information content (AvgIpc) is 2.28. The van der Waals surface area contributed by atoms with Crippen molar-refractivity contribution in [3.05, 3.63) is 29.6 Å². The summed E-state index contributed by atoms with van der Waals surface area (Å²) in [5.74, 6) is 0.478. The Morgan fingerprint density at radius 3 is 2.65 bits per heavy atom. The van der Waals surface area contributed by atoms with Crippen LogP contribution in [0, 0.1) is 5.82 Å². The first-order valence-electron chi connectivity index (χ1n) is 5.85. The van der Waals surface area contributed by atoms with Crippen LogP contribution in [0.25, 0.3) is 0 Å². The summed E-state index contributed by atoms with van der Waals surface area (Å²) >= 11 is 0. The molecule has 0 amide bonds. The molecule has 0 spiro atoms. The van der Waals surface area contributed by atoms with Crippen LogP contribution >= 0.6 is 0 Å². The second-order valence-corrected chi connectivity index (χ2v) is 4.31. The van der Waals surface area contributed by atoms with Gasteiger partial charge in [-0.05, 0) is 32.0 Å². The maximum atomic E-state index is 13.2. The van der Waals surface area contributed by atoms with Crippen molar-refractivity contribution in [2.45, 2.75) is 26.4 Å². The van der Waals surface area contributed by atoms with E-state index in [1.54, 1.807) is 13.2 Å². The molecule has 0 aliphatic heterocycles. The molecule has 0 fully saturated rings. The molecule has 17 heavy (non-hydrogen) atoms. The van der Waals surface area contributed by atoms with Gasteiger partial charge >= 0.3 is 0 Å². The maximum Gasteiger partial charge on any atom is 0.123 e. The van der Waals surface area contributed by atoms with Gasteiger partial charge in [0.1, 0.15) is 11.6 Å². The summed E-state index contributed by atoms with van der Waals surface area (Å²) in [5.41, 5.74) is 6.43. The van der Waals surface area contributed by atoms with E-state index >= 15 is 0 Å². The summed E-state index contributed by atoms with van der Waals surface area (Å²) in [4.78, 5) is 2.19. The van der Waals surface area contributed by atoms with Gasteiger partial charge in [-0.15, -0.1) is 0 Å². The van der Waals surface area contributed by atoms with Gasteiger partial charge in [0.25, 0.3) is 0 Å². The molecular formula is C13H21FN2O. The van der Waals surface area contributed by atoms with Crippen LogP contribution in [0.15, 0.2) is 18.2 Å². The largest absolute Gasteiger partial charge is 0.496 e. The predicted molar refractivity (Wildman–Crippen MR) is 67.6 cm³/mol. The summed E-state index contributed by atoms with van der Waals surface area (Å²) in [5, 5.41) is 0. The van der Waals surface area contributed by atoms with Crippen molar-refractivity contribution in [3.63, 3.8) is 0 Å². The lowest BCUT2D eigenvalue weighted by molar-refractivity contribution is 0.216. The van der Waals surface area contributed by atoms with Gasteiger partial charge in [-0.1, -0.05) is 0 Å². The molecule has 1 aromatic carbocycles. The number of rotatable bonds is 6. The summed E-state index contributed by atoms with van der Waals surface area (Å²) in [6, 6.07) is 4.95. The molecule has 1 aromatic rings. The lowest BCUT2D eigenvalue weighted by atomic mass is 10.1. The van der Waals surface area contributed by atoms with E-state index in [2.05, 4.69) is 18.7 Å². The second-order valence-electron chi connectivity index (χ2n) is 4.31. The highest BCUT2D eigenvalue weighted by molar-refractivity contribution is 5.33. The van der Waals surface area contributed by atoms with E-state index < -0.39 is 0 Å². The number of nitrogens with two attached hydrogens (primary N) is 1. The normalized spacial score (nSPS) is 11.2. The van der Waals surface area contributed by atoms with Crippen LogP contribution < -0.4 is 10.5 Å². The lowest BCUT2D eigenvalue weighted by Crippen LogP contribution is -2.34. The third-order valence-corrected chi connectivity index (χ3v) is 2.76. The van der Waals surface area contributed by atoms with E-state index in [0.29, 0.717) is 24.9 Å². The van der Waals surface area contributed by atoms with Gasteiger partial charge in [0.05, 0.1) is 7.11 Å². The van der Waals surface area contributed by atoms with Crippen molar-refractivity contribution in [2.24, 2.45) is 5.73 Å². The van der Waals surface area contributed by atoms with Crippen LogP contribution in [0.5, 0.6) is 5.75 Å². The third kappa shape index (κ3) is 3.98. The minimum absolute atomic E-state index is 0.239. The number of hydrogen-bond donors (Lipinski definition) is 1. The minimum atomic E-state index is -0.239. The van der Waals surface area contributed by atoms with Gasteiger partial charge in [-0.25, -0.2) is 4.39 Å². The van der Waals surface area contributed by atoms with Crippen LogP contribution in [-0.2, 0) is 6.54 Å². The van der Waals surface area contributed by atoms with Crippen molar-refractivity contribution >= 4 is 0 Å². The van der Waals surface area contributed by atoms with Crippen LogP contribution in [0.3, 0.4) is 0 Å². The quantitative estimate of drug-likeness (QED) is 0.826. The fourth-order valence-electron chi connectivity index (χ4n) is 1.78. The fourth-order valence-corrected chi connectivity index (χ4v) is 1.78. The van der Waals surface area contributed by atoms with Crippen LogP contribution in [-0.4, -0.2) is 31.1 Å². The highest BCUT2D eigenvalue weighted by atomic mass is 19.1. The van der Waals surface area contributed by atoms with Crippen LogP contribution in [0.4, 0.5) is 4.39 Å². The average molecular weight is 240 g/mol. The number of ether oxygens (including phenoxy) is 1. The standard InChI is InChI=1S/C13H21FN2O/c1-10(2)16(7-6-15)9-11-8-12(14)4-5-13(11)17-3/h4-5,8,10H,6-7,9,15H2,1-3H3. The number of benzene rings is 1. The molecule has 4 heteroatoms. The molecule has 0 aromatic heterocycles. The molecule has 0 unspecified atom stereocenters. The first-order chi connectivity index (χ1) is 8.08. The molecule has 0 aliphatic carbocycles. The fraction of sp³-hybridized carbons (Fsp3) is 0.538. The highest BCUT2D eigenvalue weighted by Crippen LogP contribution is 2.21. The van der Waals surface area contributed by atoms with Gasteiger partial charge < -0.3 is 10.5 Å². The van der Waals surface area contributed by atoms with Crippen molar-refractivity contribution in [3.8, 4) is 5.75 Å². The summed E-state index contributed by atoms with van der Waals surface area (Å²) in [6.07, 6.45) is 0. The van der Waals surface area contributed by atoms with E-state index in [9.17, 15) is 4.39 Å². The molecule has 2 N–H and O–H groups in total. The minimum Gasteiger partial charge on any atom is -0.496 e. The molecule has 96 valence electrons. The first kappa shape index (κ1) is 13.9. The van der Waals surface area contributed by atoms with Crippen molar-refractivity contribution in [1.29, 1.82) is 0 Å². The predicted octanol–water partition coefficient (Wildman–Crippen LogP) is 2.00. The Bertz CT molecular complexity index is 355. The van der Waals surface area contributed by atoms with Gasteiger partial charge in [-0.3, -0.25) is 4.90 Å². The Morgan fingerprint density at radius 1 is 1.41 bits per heavy atom. The molecule has 0 saturated heterocycles. The molecule has 0 aliphatic rings. The van der Waals surface area contributed by atoms with E-state index in [1.807, 2.05) is 0 Å². The maximum absolute atomic E-state index is 13.2. The number of methoxy groups -OCH3 is 1. The van der Waals surface area contributed by atoms with Crippen molar-refractivity contribution in [2.75, 3.05) is 20.2 Å². The Kier molecular flexibility index (Phi) is 5.38. The number of hydrogen-bond acceptors (Lipinski definition) is 3. The smallest absolute Gasteiger partial charge is 0.123 e. The molecule has 0 radical (unpaired) electrons. The number of nitrogens with zero attached hydrogens (tertiary/aromatic N) is 1. The van der Waals surface area contributed by atoms with Crippen molar-refractivity contribution < 1.29 is 9.13 Å². The van der Waals surface area contributed by atoms with E-state index in [-0.39, 0.29) is 5.82 Å². The van der Waals surface area contributed by atoms with Gasteiger partial charge in [0, 0.05) is 31.2 Å². The van der Waals surface area contributed by atoms with E-state index in [0.717, 1.165) is 12.1 Å². The third-order valence-electron chi connectivity index (χ3n) is 2.76. The molecule has 0 saturated carbocycles. The molecule has 3 nitrogen and oxygen atoms in total. The summed E-state index contributed by atoms with van der Waals surface area (Å²) in [6.45, 7) is 6.23. The molecular weight excluding hydrogens is 219 g/mol. The summed E-state index contributed by atoms with van der Waals surface area (Å²) < 4.78 is 18.5. The Balaban J connectivity index is 2.87. The van der Waals surface area contributed by atoms with Crippen LogP contribution in [0.2, 0.25) is 0 Å². The Hall–Kier alpha value is -1.13. The van der Waals surface area contributed by atoms with Gasteiger partial charge in [0.15, 0.2) is 0 Å². The van der Waals surface area contributed by atoms with Gasteiger partial charge in [0.2, 0.25) is 0 Å². The topological polar surface area (TPSA) is 38.5 Å². The Labute approximate surface area is 102 Å². The zero-order valence-electron chi connectivity index (χ0n) is 10.7. The molecule has 0 heterocycles. The van der Waals surface area contributed by atoms with Crippen molar-refractivity contribution in [1.82, 2.24) is 4.90 Å². The highest BCUT2D eigenvalue weighted by Gasteiger charge is 2.12. The zero-order valence-corrected chi connectivity index (χ0v) is 10.7. The SMILES string of the molecule is COc1ccc(F)cc1CN(CCN)C(C)C. The molecule has 0 atom stereocenters. The van der Waals surface area contributed by atoms with Crippen LogP contribution in [0.1, 0.15) is 19.4 Å². The monoisotopic (exact) mass is 240 g/mol. The lowest BCUT2D eigenvalue weighted by Gasteiger charge is -2.26. The van der Waals surface area contributed by atoms with E-state index in [1.165, 1.54) is 12.1 Å².